The molecule has 0 spiro atoms. The Balaban J connectivity index is 1.48. The van der Waals surface area contributed by atoms with Crippen molar-refractivity contribution in [2.75, 3.05) is 12.8 Å². The summed E-state index contributed by atoms with van der Waals surface area (Å²) in [6.07, 6.45) is 12.9. The number of nitrogens with one attached hydrogen (secondary N) is 1. The van der Waals surface area contributed by atoms with Gasteiger partial charge in [0, 0.05) is 29.1 Å². The molecular weight excluding hydrogens is 276 g/mol. The lowest BCUT2D eigenvalue weighted by atomic mass is 9.48. The van der Waals surface area contributed by atoms with Crippen molar-refractivity contribution in [2.45, 2.75) is 49.5 Å². The van der Waals surface area contributed by atoms with Gasteiger partial charge in [0.15, 0.2) is 0 Å². The Morgan fingerprint density at radius 2 is 1.71 bits per heavy atom. The van der Waals surface area contributed by atoms with Gasteiger partial charge in [0.1, 0.15) is 0 Å². The van der Waals surface area contributed by atoms with Gasteiger partial charge < -0.3 is 5.32 Å². The number of aromatic nitrogens is 1. The average molecular weight is 302 g/mol. The minimum Gasteiger partial charge on any atom is -0.316 e. The molecule has 4 fully saturated rings. The molecule has 114 valence electrons. The van der Waals surface area contributed by atoms with E-state index in [0.29, 0.717) is 11.5 Å². The standard InChI is InChI=1S/C18H26N2S/c1-19-17(12-21-16-2-4-20-5-3-16)18-9-13-6-14(10-18)8-15(7-13)11-18/h2-5,13-15,17,19H,6-12H2,1H3. The highest BCUT2D eigenvalue weighted by Gasteiger charge is 2.53. The van der Waals surface area contributed by atoms with Gasteiger partial charge >= 0.3 is 0 Å². The normalized spacial score (nSPS) is 38.6. The molecule has 1 aromatic heterocycles. The summed E-state index contributed by atoms with van der Waals surface area (Å²) in [5, 5.41) is 3.69. The largest absolute Gasteiger partial charge is 0.316 e. The molecule has 0 saturated heterocycles. The van der Waals surface area contributed by atoms with E-state index in [1.54, 1.807) is 0 Å². The van der Waals surface area contributed by atoms with Crippen LogP contribution >= 0.6 is 11.8 Å². The lowest BCUT2D eigenvalue weighted by Crippen LogP contribution is -2.56. The van der Waals surface area contributed by atoms with Gasteiger partial charge in [0.05, 0.1) is 0 Å². The van der Waals surface area contributed by atoms with Crippen LogP contribution in [0.1, 0.15) is 38.5 Å². The lowest BCUT2D eigenvalue weighted by molar-refractivity contribution is -0.0682. The zero-order chi connectivity index (χ0) is 14.3. The first-order valence-electron chi connectivity index (χ1n) is 8.47. The third kappa shape index (κ3) is 2.63. The van der Waals surface area contributed by atoms with Crippen LogP contribution in [0.4, 0.5) is 0 Å². The predicted octanol–water partition coefficient (Wildman–Crippen LogP) is 3.98. The van der Waals surface area contributed by atoms with Crippen molar-refractivity contribution < 1.29 is 0 Å². The van der Waals surface area contributed by atoms with E-state index >= 15 is 0 Å². The fraction of sp³-hybridized carbons (Fsp3) is 0.722. The van der Waals surface area contributed by atoms with Crippen molar-refractivity contribution in [3.05, 3.63) is 24.5 Å². The maximum Gasteiger partial charge on any atom is 0.0278 e. The van der Waals surface area contributed by atoms with Crippen molar-refractivity contribution in [2.24, 2.45) is 23.2 Å². The summed E-state index contributed by atoms with van der Waals surface area (Å²) in [4.78, 5) is 5.47. The zero-order valence-electron chi connectivity index (χ0n) is 12.9. The molecule has 1 aromatic rings. The molecule has 4 saturated carbocycles. The number of nitrogens with zero attached hydrogens (tertiary/aromatic N) is 1. The molecule has 4 aliphatic carbocycles. The van der Waals surface area contributed by atoms with Crippen LogP contribution in [0.15, 0.2) is 29.4 Å². The zero-order valence-corrected chi connectivity index (χ0v) is 13.7. The van der Waals surface area contributed by atoms with Crippen molar-refractivity contribution in [3.63, 3.8) is 0 Å². The lowest BCUT2D eigenvalue weighted by Gasteiger charge is -2.59. The van der Waals surface area contributed by atoms with Crippen LogP contribution in [0, 0.1) is 23.2 Å². The molecule has 3 heteroatoms. The number of hydrogen-bond donors (Lipinski definition) is 1. The summed E-state index contributed by atoms with van der Waals surface area (Å²) < 4.78 is 0. The Kier molecular flexibility index (Phi) is 3.74. The second kappa shape index (κ2) is 5.58. The molecule has 1 unspecified atom stereocenters. The summed E-state index contributed by atoms with van der Waals surface area (Å²) in [6, 6.07) is 4.94. The third-order valence-electron chi connectivity index (χ3n) is 6.24. The van der Waals surface area contributed by atoms with E-state index in [9.17, 15) is 0 Å². The smallest absolute Gasteiger partial charge is 0.0278 e. The minimum absolute atomic E-state index is 0.601. The molecule has 1 N–H and O–H groups in total. The number of rotatable bonds is 5. The van der Waals surface area contributed by atoms with Crippen LogP contribution in [0.5, 0.6) is 0 Å². The fourth-order valence-corrected chi connectivity index (χ4v) is 6.98. The molecule has 1 atom stereocenters. The van der Waals surface area contributed by atoms with E-state index in [-0.39, 0.29) is 0 Å². The van der Waals surface area contributed by atoms with E-state index in [1.807, 2.05) is 24.2 Å². The third-order valence-corrected chi connectivity index (χ3v) is 7.35. The fourth-order valence-electron chi connectivity index (χ4n) is 5.78. The van der Waals surface area contributed by atoms with Gasteiger partial charge in [-0.15, -0.1) is 11.8 Å². The monoisotopic (exact) mass is 302 g/mol. The van der Waals surface area contributed by atoms with Crippen molar-refractivity contribution in [1.29, 1.82) is 0 Å². The molecule has 4 bridgehead atoms. The minimum atomic E-state index is 0.601. The first kappa shape index (κ1) is 14.1. The van der Waals surface area contributed by atoms with Crippen LogP contribution in [0.25, 0.3) is 0 Å². The SMILES string of the molecule is CNC(CSc1ccncc1)C12CC3CC(CC(C3)C1)C2. The summed E-state index contributed by atoms with van der Waals surface area (Å²) >= 11 is 2.00. The number of hydrogen-bond acceptors (Lipinski definition) is 3. The second-order valence-electron chi connectivity index (χ2n) is 7.62. The van der Waals surface area contributed by atoms with Crippen molar-refractivity contribution in [3.8, 4) is 0 Å². The van der Waals surface area contributed by atoms with Crippen molar-refractivity contribution >= 4 is 11.8 Å². The second-order valence-corrected chi connectivity index (χ2v) is 8.71. The van der Waals surface area contributed by atoms with Crippen LogP contribution in [0.3, 0.4) is 0 Å². The van der Waals surface area contributed by atoms with Gasteiger partial charge in [-0.05, 0) is 80.9 Å². The van der Waals surface area contributed by atoms with Gasteiger partial charge in [-0.25, -0.2) is 0 Å². The molecule has 2 nitrogen and oxygen atoms in total. The summed E-state index contributed by atoms with van der Waals surface area (Å²) in [7, 11) is 2.18. The van der Waals surface area contributed by atoms with E-state index in [0.717, 1.165) is 17.8 Å². The van der Waals surface area contributed by atoms with E-state index in [1.165, 1.54) is 49.2 Å². The van der Waals surface area contributed by atoms with Gasteiger partial charge in [-0.2, -0.15) is 0 Å². The highest BCUT2D eigenvalue weighted by atomic mass is 32.2. The van der Waals surface area contributed by atoms with E-state index < -0.39 is 0 Å². The summed E-state index contributed by atoms with van der Waals surface area (Å²) in [5.74, 6) is 4.32. The first-order chi connectivity index (χ1) is 10.3. The maximum absolute atomic E-state index is 4.12. The van der Waals surface area contributed by atoms with Crippen LogP contribution in [0.2, 0.25) is 0 Å². The maximum atomic E-state index is 4.12. The van der Waals surface area contributed by atoms with Crippen LogP contribution in [-0.2, 0) is 0 Å². The molecule has 0 aromatic carbocycles. The Morgan fingerprint density at radius 3 is 2.24 bits per heavy atom. The highest BCUT2D eigenvalue weighted by Crippen LogP contribution is 2.61. The Labute approximate surface area is 132 Å². The highest BCUT2D eigenvalue weighted by molar-refractivity contribution is 7.99. The summed E-state index contributed by atoms with van der Waals surface area (Å²) in [6.45, 7) is 0. The van der Waals surface area contributed by atoms with Gasteiger partial charge in [0.2, 0.25) is 0 Å². The average Bonchev–Trinajstić information content (AvgIpc) is 2.47. The quantitative estimate of drug-likeness (QED) is 0.833. The molecule has 0 radical (unpaired) electrons. The van der Waals surface area contributed by atoms with Crippen LogP contribution < -0.4 is 5.32 Å². The molecule has 4 aliphatic rings. The topological polar surface area (TPSA) is 24.9 Å². The first-order valence-corrected chi connectivity index (χ1v) is 9.46. The Bertz CT molecular complexity index is 452. The van der Waals surface area contributed by atoms with Crippen LogP contribution in [-0.4, -0.2) is 23.8 Å². The molecule has 1 heterocycles. The Hall–Kier alpha value is -0.540. The summed E-state index contributed by atoms with van der Waals surface area (Å²) in [5.41, 5.74) is 0.601. The van der Waals surface area contributed by atoms with Crippen molar-refractivity contribution in [1.82, 2.24) is 10.3 Å². The molecule has 0 amide bonds. The van der Waals surface area contributed by atoms with Gasteiger partial charge in [0.25, 0.3) is 0 Å². The van der Waals surface area contributed by atoms with E-state index in [2.05, 4.69) is 29.5 Å². The van der Waals surface area contributed by atoms with E-state index in [4.69, 9.17) is 0 Å². The van der Waals surface area contributed by atoms with Gasteiger partial charge in [-0.1, -0.05) is 0 Å². The molecule has 5 rings (SSSR count). The van der Waals surface area contributed by atoms with Gasteiger partial charge in [-0.3, -0.25) is 4.98 Å². The molecule has 21 heavy (non-hydrogen) atoms. The Morgan fingerprint density at radius 1 is 1.14 bits per heavy atom. The number of thioether (sulfide) groups is 1. The molecular formula is C18H26N2S. The molecule has 0 aliphatic heterocycles. The predicted molar refractivity (Wildman–Crippen MR) is 88.4 cm³/mol. The number of pyridine rings is 1.